The molecule has 6 nitrogen and oxygen atoms in total. The molecule has 0 aromatic carbocycles. The van der Waals surface area contributed by atoms with Gasteiger partial charge in [-0.25, -0.2) is 4.68 Å². The summed E-state index contributed by atoms with van der Waals surface area (Å²) in [6.07, 6.45) is 0.741. The van der Waals surface area contributed by atoms with Crippen molar-refractivity contribution in [3.8, 4) is 0 Å². The number of aliphatic hydroxyl groups excluding tert-OH is 1. The summed E-state index contributed by atoms with van der Waals surface area (Å²) in [5, 5.41) is 17.2. The summed E-state index contributed by atoms with van der Waals surface area (Å²) in [5.74, 6) is 0. The Bertz CT molecular complexity index is 328. The van der Waals surface area contributed by atoms with E-state index in [1.807, 2.05) is 13.8 Å². The van der Waals surface area contributed by atoms with Gasteiger partial charge in [-0.3, -0.25) is 0 Å². The van der Waals surface area contributed by atoms with Crippen molar-refractivity contribution in [2.24, 2.45) is 0 Å². The fourth-order valence-electron chi connectivity index (χ4n) is 1.65. The van der Waals surface area contributed by atoms with Crippen molar-refractivity contribution in [2.45, 2.75) is 39.5 Å². The lowest BCUT2D eigenvalue weighted by Gasteiger charge is -2.13. The molecule has 6 heteroatoms. The van der Waals surface area contributed by atoms with Gasteiger partial charge in [-0.1, -0.05) is 5.21 Å². The highest BCUT2D eigenvalue weighted by molar-refractivity contribution is 5.11. The van der Waals surface area contributed by atoms with Crippen molar-refractivity contribution in [1.29, 1.82) is 0 Å². The number of hydrogen-bond donors (Lipinski definition) is 1. The minimum absolute atomic E-state index is 0.117. The molecule has 0 aliphatic rings. The van der Waals surface area contributed by atoms with E-state index in [9.17, 15) is 5.11 Å². The van der Waals surface area contributed by atoms with Gasteiger partial charge in [-0.15, -0.1) is 5.10 Å². The van der Waals surface area contributed by atoms with Crippen LogP contribution in [0.25, 0.3) is 0 Å². The van der Waals surface area contributed by atoms with E-state index in [4.69, 9.17) is 9.47 Å². The molecule has 0 amide bonds. The molecule has 0 aliphatic carbocycles. The third kappa shape index (κ3) is 3.76. The van der Waals surface area contributed by atoms with Crippen molar-refractivity contribution in [3.63, 3.8) is 0 Å². The first kappa shape index (κ1) is 14.1. The standard InChI is InChI=1S/C11H21N3O3/c1-4-17-7-5-6-14-11(9(2)16-3)10(8-15)12-13-14/h9,15H,4-8H2,1-3H3. The highest BCUT2D eigenvalue weighted by atomic mass is 16.5. The van der Waals surface area contributed by atoms with Gasteiger partial charge in [0.1, 0.15) is 5.69 Å². The summed E-state index contributed by atoms with van der Waals surface area (Å²) in [4.78, 5) is 0. The molecule has 1 N–H and O–H groups in total. The average molecular weight is 243 g/mol. The van der Waals surface area contributed by atoms with Gasteiger partial charge in [0.25, 0.3) is 0 Å². The molecule has 0 spiro atoms. The van der Waals surface area contributed by atoms with E-state index < -0.39 is 0 Å². The third-order valence-corrected chi connectivity index (χ3v) is 2.60. The number of methoxy groups -OCH3 is 1. The van der Waals surface area contributed by atoms with Gasteiger partial charge in [0.05, 0.1) is 18.4 Å². The van der Waals surface area contributed by atoms with Gasteiger partial charge in [0.15, 0.2) is 0 Å². The molecule has 0 bridgehead atoms. The summed E-state index contributed by atoms with van der Waals surface area (Å²) in [6.45, 7) is 5.91. The fourth-order valence-corrected chi connectivity index (χ4v) is 1.65. The lowest BCUT2D eigenvalue weighted by Crippen LogP contribution is -2.12. The lowest BCUT2D eigenvalue weighted by molar-refractivity contribution is 0.106. The molecule has 1 unspecified atom stereocenters. The van der Waals surface area contributed by atoms with Crippen molar-refractivity contribution in [2.75, 3.05) is 20.3 Å². The van der Waals surface area contributed by atoms with Crippen LogP contribution < -0.4 is 0 Å². The zero-order valence-electron chi connectivity index (χ0n) is 10.7. The van der Waals surface area contributed by atoms with Crippen LogP contribution in [0.15, 0.2) is 0 Å². The van der Waals surface area contributed by atoms with Gasteiger partial charge < -0.3 is 14.6 Å². The Kier molecular flexibility index (Phi) is 6.10. The molecule has 1 heterocycles. The molecule has 17 heavy (non-hydrogen) atoms. The highest BCUT2D eigenvalue weighted by Gasteiger charge is 2.17. The van der Waals surface area contributed by atoms with Gasteiger partial charge in [0, 0.05) is 26.9 Å². The second-order valence-corrected chi connectivity index (χ2v) is 3.73. The first-order chi connectivity index (χ1) is 8.24. The van der Waals surface area contributed by atoms with Crippen LogP contribution in [0, 0.1) is 0 Å². The molecule has 0 saturated carbocycles. The average Bonchev–Trinajstić information content (AvgIpc) is 2.76. The third-order valence-electron chi connectivity index (χ3n) is 2.60. The minimum atomic E-state index is -0.126. The summed E-state index contributed by atoms with van der Waals surface area (Å²) in [5.41, 5.74) is 1.42. The SMILES string of the molecule is CCOCCCn1nnc(CO)c1C(C)OC. The normalized spacial score (nSPS) is 12.9. The van der Waals surface area contributed by atoms with Gasteiger partial charge in [0.2, 0.25) is 0 Å². The Hall–Kier alpha value is -0.980. The topological polar surface area (TPSA) is 69.4 Å². The summed E-state index contributed by atoms with van der Waals surface area (Å²) >= 11 is 0. The zero-order chi connectivity index (χ0) is 12.7. The van der Waals surface area contributed by atoms with E-state index in [-0.39, 0.29) is 12.7 Å². The van der Waals surface area contributed by atoms with E-state index >= 15 is 0 Å². The maximum absolute atomic E-state index is 9.19. The second kappa shape index (κ2) is 7.37. The van der Waals surface area contributed by atoms with Crippen molar-refractivity contribution in [1.82, 2.24) is 15.0 Å². The molecule has 0 fully saturated rings. The summed E-state index contributed by atoms with van der Waals surface area (Å²) < 4.78 is 12.3. The minimum Gasteiger partial charge on any atom is -0.390 e. The Morgan fingerprint density at radius 3 is 2.82 bits per heavy atom. The summed E-state index contributed by atoms with van der Waals surface area (Å²) in [7, 11) is 1.63. The van der Waals surface area contributed by atoms with Gasteiger partial charge in [-0.2, -0.15) is 0 Å². The number of aliphatic hydroxyl groups is 1. The van der Waals surface area contributed by atoms with Crippen LogP contribution in [0.4, 0.5) is 0 Å². The van der Waals surface area contributed by atoms with Crippen LogP contribution in [-0.4, -0.2) is 40.4 Å². The number of aromatic nitrogens is 3. The Morgan fingerprint density at radius 2 is 2.24 bits per heavy atom. The van der Waals surface area contributed by atoms with Gasteiger partial charge in [-0.05, 0) is 20.3 Å². The largest absolute Gasteiger partial charge is 0.390 e. The molecular formula is C11H21N3O3. The molecule has 98 valence electrons. The van der Waals surface area contributed by atoms with Crippen LogP contribution in [0.5, 0.6) is 0 Å². The molecule has 1 rings (SSSR count). The molecular weight excluding hydrogens is 222 g/mol. The molecule has 1 atom stereocenters. The molecule has 1 aromatic rings. The molecule has 0 saturated heterocycles. The van der Waals surface area contributed by atoms with Crippen LogP contribution in [0.3, 0.4) is 0 Å². The van der Waals surface area contributed by atoms with Crippen LogP contribution in [0.2, 0.25) is 0 Å². The van der Waals surface area contributed by atoms with Crippen LogP contribution in [0.1, 0.15) is 37.8 Å². The Morgan fingerprint density at radius 1 is 1.47 bits per heavy atom. The Labute approximate surface area is 102 Å². The molecule has 1 aromatic heterocycles. The van der Waals surface area contributed by atoms with Gasteiger partial charge >= 0.3 is 0 Å². The number of aryl methyl sites for hydroxylation is 1. The first-order valence-electron chi connectivity index (χ1n) is 5.88. The fraction of sp³-hybridized carbons (Fsp3) is 0.818. The molecule has 0 radical (unpaired) electrons. The maximum Gasteiger partial charge on any atom is 0.114 e. The van der Waals surface area contributed by atoms with E-state index in [0.717, 1.165) is 25.3 Å². The van der Waals surface area contributed by atoms with E-state index in [2.05, 4.69) is 10.3 Å². The predicted octanol–water partition coefficient (Wildman–Crippen LogP) is 0.904. The van der Waals surface area contributed by atoms with E-state index in [1.165, 1.54) is 0 Å². The smallest absolute Gasteiger partial charge is 0.114 e. The highest BCUT2D eigenvalue weighted by Crippen LogP contribution is 2.19. The van der Waals surface area contributed by atoms with Crippen LogP contribution >= 0.6 is 0 Å². The maximum atomic E-state index is 9.19. The van der Waals surface area contributed by atoms with E-state index in [0.29, 0.717) is 12.3 Å². The number of hydrogen-bond acceptors (Lipinski definition) is 5. The summed E-state index contributed by atoms with van der Waals surface area (Å²) in [6, 6.07) is 0. The monoisotopic (exact) mass is 243 g/mol. The van der Waals surface area contributed by atoms with E-state index in [1.54, 1.807) is 11.8 Å². The lowest BCUT2D eigenvalue weighted by atomic mass is 10.2. The predicted molar refractivity (Wildman–Crippen MR) is 62.5 cm³/mol. The quantitative estimate of drug-likeness (QED) is 0.687. The Balaban J connectivity index is 2.67. The van der Waals surface area contributed by atoms with Crippen LogP contribution in [-0.2, 0) is 22.6 Å². The molecule has 0 aliphatic heterocycles. The number of rotatable bonds is 8. The number of nitrogens with zero attached hydrogens (tertiary/aromatic N) is 3. The zero-order valence-corrected chi connectivity index (χ0v) is 10.7. The second-order valence-electron chi connectivity index (χ2n) is 3.73. The van der Waals surface area contributed by atoms with Crippen molar-refractivity contribution < 1.29 is 14.6 Å². The van der Waals surface area contributed by atoms with Crippen molar-refractivity contribution >= 4 is 0 Å². The number of ether oxygens (including phenoxy) is 2. The first-order valence-corrected chi connectivity index (χ1v) is 5.88. The van der Waals surface area contributed by atoms with Crippen molar-refractivity contribution in [3.05, 3.63) is 11.4 Å².